The number of aliphatic hydroxyl groups is 1. The Bertz CT molecular complexity index is 833. The van der Waals surface area contributed by atoms with Gasteiger partial charge >= 0.3 is 0 Å². The highest BCUT2D eigenvalue weighted by Crippen LogP contribution is 2.23. The second-order valence-electron chi connectivity index (χ2n) is 5.26. The fourth-order valence-electron chi connectivity index (χ4n) is 2.35. The number of rotatable bonds is 5. The average Bonchev–Trinajstić information content (AvgIpc) is 2.89. The number of carbonyl (C=O) groups excluding carboxylic acids is 2. The fraction of sp³-hybridized carbons (Fsp3) is 0.111. The standard InChI is InChI=1S/C18H15IN2O4/c19-13-4-6-14(7-5-13)21-18(24)16(17(23)20-21)11-12-2-1-3-15(10-12)25-9-8-22/h1-7,10-11,22H,8-9H2,(H,20,23)/b16-11+. The van der Waals surface area contributed by atoms with E-state index in [-0.39, 0.29) is 18.8 Å². The number of hydrogen-bond donors (Lipinski definition) is 2. The molecule has 0 spiro atoms. The predicted octanol–water partition coefficient (Wildman–Crippen LogP) is 2.12. The van der Waals surface area contributed by atoms with E-state index in [4.69, 9.17) is 9.84 Å². The molecule has 25 heavy (non-hydrogen) atoms. The Hall–Kier alpha value is -2.39. The lowest BCUT2D eigenvalue weighted by Crippen LogP contribution is -2.35. The number of hydrogen-bond acceptors (Lipinski definition) is 4. The van der Waals surface area contributed by atoms with Gasteiger partial charge in [0, 0.05) is 3.57 Å². The normalized spacial score (nSPS) is 15.6. The monoisotopic (exact) mass is 450 g/mol. The molecule has 1 aliphatic heterocycles. The van der Waals surface area contributed by atoms with Crippen molar-refractivity contribution in [1.29, 1.82) is 0 Å². The number of hydrazine groups is 1. The smallest absolute Gasteiger partial charge is 0.282 e. The van der Waals surface area contributed by atoms with Crippen molar-refractivity contribution in [3.8, 4) is 5.75 Å². The zero-order valence-electron chi connectivity index (χ0n) is 13.1. The van der Waals surface area contributed by atoms with E-state index in [1.54, 1.807) is 36.4 Å². The number of ether oxygens (including phenoxy) is 1. The third kappa shape index (κ3) is 3.99. The van der Waals surface area contributed by atoms with Crippen LogP contribution in [-0.4, -0.2) is 30.1 Å². The first-order valence-electron chi connectivity index (χ1n) is 7.55. The number of anilines is 1. The van der Waals surface area contributed by atoms with Crippen LogP contribution in [0.4, 0.5) is 5.69 Å². The molecule has 6 nitrogen and oxygen atoms in total. The van der Waals surface area contributed by atoms with Crippen LogP contribution in [0.1, 0.15) is 5.56 Å². The highest BCUT2D eigenvalue weighted by atomic mass is 127. The summed E-state index contributed by atoms with van der Waals surface area (Å²) in [5.41, 5.74) is 3.89. The molecule has 7 heteroatoms. The number of carbonyl (C=O) groups is 2. The number of amides is 2. The van der Waals surface area contributed by atoms with Gasteiger partial charge in [0.05, 0.1) is 12.3 Å². The molecule has 1 aliphatic rings. The predicted molar refractivity (Wildman–Crippen MR) is 102 cm³/mol. The molecule has 1 fully saturated rings. The van der Waals surface area contributed by atoms with E-state index < -0.39 is 11.8 Å². The minimum Gasteiger partial charge on any atom is -0.491 e. The van der Waals surface area contributed by atoms with Crippen LogP contribution in [0, 0.1) is 3.57 Å². The molecule has 0 unspecified atom stereocenters. The molecule has 0 aliphatic carbocycles. The molecular weight excluding hydrogens is 435 g/mol. The molecule has 2 amide bonds. The minimum atomic E-state index is -0.453. The largest absolute Gasteiger partial charge is 0.491 e. The summed E-state index contributed by atoms with van der Waals surface area (Å²) in [6.45, 7) is 0.0945. The molecule has 1 saturated heterocycles. The summed E-state index contributed by atoms with van der Waals surface area (Å²) in [5.74, 6) is -0.304. The Kier molecular flexibility index (Phi) is 5.34. The van der Waals surface area contributed by atoms with E-state index in [0.717, 1.165) is 3.57 Å². The minimum absolute atomic E-state index is 0.0536. The summed E-state index contributed by atoms with van der Waals surface area (Å²) in [4.78, 5) is 24.8. The second kappa shape index (κ2) is 7.66. The molecule has 0 aromatic heterocycles. The Labute approximate surface area is 158 Å². The van der Waals surface area contributed by atoms with E-state index in [1.165, 1.54) is 11.1 Å². The highest BCUT2D eigenvalue weighted by Gasteiger charge is 2.34. The van der Waals surface area contributed by atoms with Crippen LogP contribution in [0.15, 0.2) is 54.1 Å². The van der Waals surface area contributed by atoms with E-state index in [2.05, 4.69) is 28.0 Å². The molecular formula is C18H15IN2O4. The van der Waals surface area contributed by atoms with Crippen molar-refractivity contribution in [2.45, 2.75) is 0 Å². The number of nitrogens with zero attached hydrogens (tertiary/aromatic N) is 1. The molecule has 0 radical (unpaired) electrons. The molecule has 3 rings (SSSR count). The number of benzene rings is 2. The van der Waals surface area contributed by atoms with Crippen LogP contribution in [0.3, 0.4) is 0 Å². The molecule has 128 valence electrons. The lowest BCUT2D eigenvalue weighted by molar-refractivity contribution is -0.117. The topological polar surface area (TPSA) is 78.9 Å². The summed E-state index contributed by atoms with van der Waals surface area (Å²) >= 11 is 2.17. The fourth-order valence-corrected chi connectivity index (χ4v) is 2.71. The van der Waals surface area contributed by atoms with Crippen LogP contribution < -0.4 is 15.2 Å². The highest BCUT2D eigenvalue weighted by molar-refractivity contribution is 14.1. The van der Waals surface area contributed by atoms with Gasteiger partial charge in [-0.25, -0.2) is 5.01 Å². The van der Waals surface area contributed by atoms with Crippen molar-refractivity contribution in [2.75, 3.05) is 18.2 Å². The first-order valence-corrected chi connectivity index (χ1v) is 8.63. The zero-order valence-corrected chi connectivity index (χ0v) is 15.3. The van der Waals surface area contributed by atoms with E-state index in [0.29, 0.717) is 17.0 Å². The first-order chi connectivity index (χ1) is 12.1. The van der Waals surface area contributed by atoms with Gasteiger partial charge in [-0.1, -0.05) is 12.1 Å². The number of halogens is 1. The van der Waals surface area contributed by atoms with Gasteiger partial charge in [-0.05, 0) is 70.6 Å². The van der Waals surface area contributed by atoms with Crippen molar-refractivity contribution in [3.63, 3.8) is 0 Å². The van der Waals surface area contributed by atoms with Crippen LogP contribution in [0.25, 0.3) is 6.08 Å². The molecule has 2 N–H and O–H groups in total. The Morgan fingerprint density at radius 2 is 1.92 bits per heavy atom. The lowest BCUT2D eigenvalue weighted by Gasteiger charge is -2.14. The van der Waals surface area contributed by atoms with E-state index in [9.17, 15) is 9.59 Å². The summed E-state index contributed by atoms with van der Waals surface area (Å²) in [6.07, 6.45) is 1.52. The second-order valence-corrected chi connectivity index (χ2v) is 6.51. The summed E-state index contributed by atoms with van der Waals surface area (Å²) in [7, 11) is 0. The van der Waals surface area contributed by atoms with Crippen LogP contribution in [0.2, 0.25) is 0 Å². The van der Waals surface area contributed by atoms with Crippen molar-refractivity contribution in [2.24, 2.45) is 0 Å². The van der Waals surface area contributed by atoms with Crippen molar-refractivity contribution < 1.29 is 19.4 Å². The van der Waals surface area contributed by atoms with Crippen molar-refractivity contribution in [1.82, 2.24) is 5.43 Å². The lowest BCUT2D eigenvalue weighted by atomic mass is 10.1. The summed E-state index contributed by atoms with van der Waals surface area (Å²) in [6, 6.07) is 14.2. The number of nitrogens with one attached hydrogen (secondary N) is 1. The van der Waals surface area contributed by atoms with Crippen LogP contribution in [-0.2, 0) is 9.59 Å². The van der Waals surface area contributed by atoms with Gasteiger partial charge in [0.15, 0.2) is 0 Å². The maximum Gasteiger partial charge on any atom is 0.282 e. The van der Waals surface area contributed by atoms with Crippen LogP contribution >= 0.6 is 22.6 Å². The van der Waals surface area contributed by atoms with Crippen molar-refractivity contribution in [3.05, 3.63) is 63.2 Å². The SMILES string of the molecule is O=C1NN(c2ccc(I)cc2)C(=O)/C1=C/c1cccc(OCCO)c1. The number of aliphatic hydroxyl groups excluding tert-OH is 1. The maximum atomic E-state index is 12.6. The van der Waals surface area contributed by atoms with Gasteiger partial charge in [0.25, 0.3) is 11.8 Å². The quantitative estimate of drug-likeness (QED) is 0.416. The first kappa shape index (κ1) is 17.4. The van der Waals surface area contributed by atoms with Gasteiger partial charge in [-0.15, -0.1) is 0 Å². The van der Waals surface area contributed by atoms with E-state index >= 15 is 0 Å². The Morgan fingerprint density at radius 1 is 1.16 bits per heavy atom. The average molecular weight is 450 g/mol. The maximum absolute atomic E-state index is 12.6. The Morgan fingerprint density at radius 3 is 2.64 bits per heavy atom. The van der Waals surface area contributed by atoms with E-state index in [1.807, 2.05) is 12.1 Å². The zero-order chi connectivity index (χ0) is 17.8. The third-order valence-corrected chi connectivity index (χ3v) is 4.22. The Balaban J connectivity index is 1.85. The molecule has 0 atom stereocenters. The van der Waals surface area contributed by atoms with Gasteiger partial charge in [0.1, 0.15) is 17.9 Å². The van der Waals surface area contributed by atoms with Crippen molar-refractivity contribution >= 4 is 46.2 Å². The summed E-state index contributed by atoms with van der Waals surface area (Å²) < 4.78 is 6.38. The van der Waals surface area contributed by atoms with Gasteiger partial charge in [-0.2, -0.15) is 0 Å². The molecule has 0 bridgehead atoms. The summed E-state index contributed by atoms with van der Waals surface area (Å²) in [5, 5.41) is 10.0. The molecule has 1 heterocycles. The molecule has 0 saturated carbocycles. The van der Waals surface area contributed by atoms with Crippen LogP contribution in [0.5, 0.6) is 5.75 Å². The molecule has 2 aromatic rings. The van der Waals surface area contributed by atoms with Gasteiger partial charge in [-0.3, -0.25) is 15.0 Å². The van der Waals surface area contributed by atoms with Gasteiger partial charge in [0.2, 0.25) is 0 Å². The van der Waals surface area contributed by atoms with Gasteiger partial charge < -0.3 is 9.84 Å². The molecule has 2 aromatic carbocycles. The third-order valence-electron chi connectivity index (χ3n) is 3.51.